The summed E-state index contributed by atoms with van der Waals surface area (Å²) in [5.41, 5.74) is 0.652. The fraction of sp³-hybridized carbons (Fsp3) is 0.286. The molecule has 1 aliphatic rings. The third-order valence-corrected chi connectivity index (χ3v) is 4.59. The van der Waals surface area contributed by atoms with Gasteiger partial charge in [-0.1, -0.05) is 12.1 Å². The van der Waals surface area contributed by atoms with Crippen LogP contribution in [0.2, 0.25) is 0 Å². The number of rotatable bonds is 3. The van der Waals surface area contributed by atoms with Crippen LogP contribution in [0.3, 0.4) is 0 Å². The fourth-order valence-corrected chi connectivity index (χ4v) is 3.32. The molecule has 7 nitrogen and oxygen atoms in total. The van der Waals surface area contributed by atoms with Crippen molar-refractivity contribution in [2.75, 3.05) is 36.0 Å². The summed E-state index contributed by atoms with van der Waals surface area (Å²) in [5.74, 6) is 0.696. The van der Waals surface area contributed by atoms with Gasteiger partial charge >= 0.3 is 0 Å². The summed E-state index contributed by atoms with van der Waals surface area (Å²) in [6.07, 6.45) is 3.43. The minimum absolute atomic E-state index is 0.166. The van der Waals surface area contributed by atoms with Crippen LogP contribution in [-0.4, -0.2) is 44.6 Å². The maximum absolute atomic E-state index is 11.7. The number of anilines is 2. The van der Waals surface area contributed by atoms with E-state index in [0.29, 0.717) is 24.7 Å². The van der Waals surface area contributed by atoms with Crippen LogP contribution in [0.1, 0.15) is 0 Å². The zero-order valence-corrected chi connectivity index (χ0v) is 12.8. The second kappa shape index (κ2) is 5.90. The van der Waals surface area contributed by atoms with E-state index < -0.39 is 10.0 Å². The molecule has 0 atom stereocenters. The van der Waals surface area contributed by atoms with Crippen LogP contribution in [0.15, 0.2) is 47.6 Å². The number of aromatic nitrogens is 2. The van der Waals surface area contributed by atoms with Gasteiger partial charge < -0.3 is 9.80 Å². The lowest BCUT2D eigenvalue weighted by atomic mass is 10.2. The van der Waals surface area contributed by atoms with E-state index in [1.165, 1.54) is 6.07 Å². The molecule has 1 aliphatic heterocycles. The molecule has 1 fully saturated rings. The molecule has 0 amide bonds. The predicted octanol–water partition coefficient (Wildman–Crippen LogP) is 0.451. The number of para-hydroxylation sites is 1. The molecule has 0 spiro atoms. The highest BCUT2D eigenvalue weighted by Gasteiger charge is 2.23. The van der Waals surface area contributed by atoms with E-state index in [2.05, 4.69) is 14.9 Å². The van der Waals surface area contributed by atoms with Gasteiger partial charge in [-0.15, -0.1) is 0 Å². The lowest BCUT2D eigenvalue weighted by Gasteiger charge is -2.36. The van der Waals surface area contributed by atoms with Gasteiger partial charge in [0.25, 0.3) is 0 Å². The minimum atomic E-state index is -3.73. The van der Waals surface area contributed by atoms with Crippen LogP contribution in [0.5, 0.6) is 0 Å². The van der Waals surface area contributed by atoms with Gasteiger partial charge in [0.1, 0.15) is 4.90 Å². The smallest absolute Gasteiger partial charge is 0.240 e. The van der Waals surface area contributed by atoms with Crippen molar-refractivity contribution in [3.8, 4) is 0 Å². The number of primary sulfonamides is 1. The molecule has 2 aromatic rings. The molecule has 116 valence electrons. The maximum atomic E-state index is 11.7. The van der Waals surface area contributed by atoms with Crippen LogP contribution in [0, 0.1) is 0 Å². The van der Waals surface area contributed by atoms with E-state index in [9.17, 15) is 8.42 Å². The summed E-state index contributed by atoms with van der Waals surface area (Å²) < 4.78 is 23.4. The van der Waals surface area contributed by atoms with Crippen molar-refractivity contribution in [1.29, 1.82) is 0 Å². The molecule has 2 heterocycles. The Morgan fingerprint density at radius 1 is 0.909 bits per heavy atom. The predicted molar refractivity (Wildman–Crippen MR) is 84.3 cm³/mol. The SMILES string of the molecule is NS(=O)(=O)c1ccccc1N1CCN(c2ncccn2)CC1. The first kappa shape index (κ1) is 14.7. The minimum Gasteiger partial charge on any atom is -0.367 e. The van der Waals surface area contributed by atoms with Crippen molar-refractivity contribution in [2.24, 2.45) is 5.14 Å². The molecular formula is C14H17N5O2S. The number of hydrogen-bond donors (Lipinski definition) is 1. The Morgan fingerprint density at radius 3 is 2.14 bits per heavy atom. The zero-order chi connectivity index (χ0) is 15.6. The molecule has 0 bridgehead atoms. The van der Waals surface area contributed by atoms with Gasteiger partial charge in [-0.05, 0) is 18.2 Å². The third-order valence-electron chi connectivity index (χ3n) is 3.63. The summed E-state index contributed by atoms with van der Waals surface area (Å²) >= 11 is 0. The van der Waals surface area contributed by atoms with E-state index >= 15 is 0 Å². The van der Waals surface area contributed by atoms with Crippen molar-refractivity contribution >= 4 is 21.7 Å². The summed E-state index contributed by atoms with van der Waals surface area (Å²) in [7, 11) is -3.73. The van der Waals surface area contributed by atoms with Gasteiger partial charge in [-0.25, -0.2) is 23.5 Å². The normalized spacial score (nSPS) is 15.9. The Hall–Kier alpha value is -2.19. The Balaban J connectivity index is 1.78. The first-order valence-electron chi connectivity index (χ1n) is 6.94. The zero-order valence-electron chi connectivity index (χ0n) is 12.0. The van der Waals surface area contributed by atoms with Crippen molar-refractivity contribution in [1.82, 2.24) is 9.97 Å². The second-order valence-corrected chi connectivity index (χ2v) is 6.57. The molecule has 22 heavy (non-hydrogen) atoms. The Labute approximate surface area is 129 Å². The van der Waals surface area contributed by atoms with Crippen LogP contribution in [0.4, 0.5) is 11.6 Å². The first-order chi connectivity index (χ1) is 10.6. The molecule has 1 aromatic carbocycles. The van der Waals surface area contributed by atoms with Gasteiger partial charge in [0, 0.05) is 38.6 Å². The fourth-order valence-electron chi connectivity index (χ4n) is 2.56. The number of nitrogens with two attached hydrogens (primary N) is 1. The highest BCUT2D eigenvalue weighted by molar-refractivity contribution is 7.89. The maximum Gasteiger partial charge on any atom is 0.240 e. The third kappa shape index (κ3) is 3.02. The molecule has 1 aromatic heterocycles. The van der Waals surface area contributed by atoms with E-state index in [0.717, 1.165) is 13.1 Å². The van der Waals surface area contributed by atoms with E-state index in [1.54, 1.807) is 30.6 Å². The summed E-state index contributed by atoms with van der Waals surface area (Å²) in [6.45, 7) is 2.82. The average molecular weight is 319 g/mol. The largest absolute Gasteiger partial charge is 0.367 e. The summed E-state index contributed by atoms with van der Waals surface area (Å²) in [4.78, 5) is 12.7. The topological polar surface area (TPSA) is 92.4 Å². The van der Waals surface area contributed by atoms with Crippen LogP contribution >= 0.6 is 0 Å². The van der Waals surface area contributed by atoms with Crippen molar-refractivity contribution in [3.63, 3.8) is 0 Å². The average Bonchev–Trinajstić information content (AvgIpc) is 2.55. The number of sulfonamides is 1. The van der Waals surface area contributed by atoms with Crippen LogP contribution in [0.25, 0.3) is 0 Å². The Morgan fingerprint density at radius 2 is 1.50 bits per heavy atom. The quantitative estimate of drug-likeness (QED) is 0.883. The van der Waals surface area contributed by atoms with Gasteiger partial charge in [0.2, 0.25) is 16.0 Å². The van der Waals surface area contributed by atoms with Crippen molar-refractivity contribution in [3.05, 3.63) is 42.7 Å². The molecule has 0 aliphatic carbocycles. The van der Waals surface area contributed by atoms with Gasteiger partial charge in [-0.3, -0.25) is 0 Å². The number of benzene rings is 1. The summed E-state index contributed by atoms with van der Waals surface area (Å²) in [6, 6.07) is 8.60. The summed E-state index contributed by atoms with van der Waals surface area (Å²) in [5, 5.41) is 5.30. The van der Waals surface area contributed by atoms with Gasteiger partial charge in [-0.2, -0.15) is 0 Å². The van der Waals surface area contributed by atoms with Gasteiger partial charge in [0.15, 0.2) is 0 Å². The highest BCUT2D eigenvalue weighted by atomic mass is 32.2. The molecule has 8 heteroatoms. The molecule has 0 saturated carbocycles. The molecular weight excluding hydrogens is 302 g/mol. The molecule has 0 unspecified atom stereocenters. The Bertz CT molecular complexity index is 743. The van der Waals surface area contributed by atoms with Crippen molar-refractivity contribution < 1.29 is 8.42 Å². The second-order valence-electron chi connectivity index (χ2n) is 5.04. The molecule has 3 rings (SSSR count). The monoisotopic (exact) mass is 319 g/mol. The highest BCUT2D eigenvalue weighted by Crippen LogP contribution is 2.25. The van der Waals surface area contributed by atoms with Crippen molar-refractivity contribution in [2.45, 2.75) is 4.90 Å². The van der Waals surface area contributed by atoms with Crippen LogP contribution in [-0.2, 0) is 10.0 Å². The first-order valence-corrected chi connectivity index (χ1v) is 8.49. The molecule has 1 saturated heterocycles. The van der Waals surface area contributed by atoms with E-state index in [4.69, 9.17) is 5.14 Å². The number of nitrogens with zero attached hydrogens (tertiary/aromatic N) is 4. The van der Waals surface area contributed by atoms with E-state index in [-0.39, 0.29) is 4.90 Å². The molecule has 0 radical (unpaired) electrons. The molecule has 2 N–H and O–H groups in total. The van der Waals surface area contributed by atoms with Crippen LogP contribution < -0.4 is 14.9 Å². The standard InChI is InChI=1S/C14H17N5O2S/c15-22(20,21)13-5-2-1-4-12(13)18-8-10-19(11-9-18)14-16-6-3-7-17-14/h1-7H,8-11H2,(H2,15,20,21). The van der Waals surface area contributed by atoms with E-state index in [1.807, 2.05) is 11.0 Å². The lowest BCUT2D eigenvalue weighted by Crippen LogP contribution is -2.47. The number of hydrogen-bond acceptors (Lipinski definition) is 6. The van der Waals surface area contributed by atoms with Gasteiger partial charge in [0.05, 0.1) is 5.69 Å². The number of piperazine rings is 1. The lowest BCUT2D eigenvalue weighted by molar-refractivity contribution is 0.595. The Kier molecular flexibility index (Phi) is 3.95.